The number of rotatable bonds is 6. The van der Waals surface area contributed by atoms with Gasteiger partial charge in [-0.15, -0.1) is 0 Å². The molecule has 1 aromatic rings. The monoisotopic (exact) mass is 278 g/mol. The lowest BCUT2D eigenvalue weighted by atomic mass is 10.0. The molecule has 1 fully saturated rings. The molecule has 1 unspecified atom stereocenters. The van der Waals surface area contributed by atoms with Crippen molar-refractivity contribution in [1.82, 2.24) is 10.2 Å². The smallest absolute Gasteiger partial charge is 0.162 e. The number of methoxy groups -OCH3 is 1. The van der Waals surface area contributed by atoms with Gasteiger partial charge in [-0.2, -0.15) is 0 Å². The van der Waals surface area contributed by atoms with Gasteiger partial charge in [-0.1, -0.05) is 19.1 Å². The zero-order chi connectivity index (χ0) is 14.4. The Morgan fingerprint density at radius 3 is 2.95 bits per heavy atom. The van der Waals surface area contributed by atoms with Crippen LogP contribution >= 0.6 is 0 Å². The lowest BCUT2D eigenvalue weighted by Gasteiger charge is -2.34. The number of hydrogen-bond donors (Lipinski definition) is 2. The number of para-hydroxylation sites is 1. The first-order chi connectivity index (χ1) is 9.76. The van der Waals surface area contributed by atoms with Gasteiger partial charge in [0.2, 0.25) is 0 Å². The van der Waals surface area contributed by atoms with Gasteiger partial charge in [-0.05, 0) is 38.4 Å². The van der Waals surface area contributed by atoms with Crippen molar-refractivity contribution in [2.24, 2.45) is 0 Å². The SMILES string of the molecule is CCCN(Cc1cccc(OC)c1O)C1CCCNC1. The maximum absolute atomic E-state index is 10.2. The number of nitrogens with one attached hydrogen (secondary N) is 1. The van der Waals surface area contributed by atoms with Crippen molar-refractivity contribution >= 4 is 0 Å². The van der Waals surface area contributed by atoms with Crippen LogP contribution < -0.4 is 10.1 Å². The van der Waals surface area contributed by atoms with Gasteiger partial charge in [0.05, 0.1) is 7.11 Å². The van der Waals surface area contributed by atoms with Crippen LogP contribution in [0.5, 0.6) is 11.5 Å². The number of benzene rings is 1. The summed E-state index contributed by atoms with van der Waals surface area (Å²) in [5.74, 6) is 0.834. The molecule has 0 amide bonds. The molecular formula is C16H26N2O2. The Labute approximate surface area is 121 Å². The normalized spacial score (nSPS) is 19.2. The highest BCUT2D eigenvalue weighted by Gasteiger charge is 2.21. The first-order valence-electron chi connectivity index (χ1n) is 7.55. The molecule has 0 spiro atoms. The molecule has 2 N–H and O–H groups in total. The summed E-state index contributed by atoms with van der Waals surface area (Å²) in [7, 11) is 1.59. The van der Waals surface area contributed by atoms with Gasteiger partial charge in [-0.25, -0.2) is 0 Å². The lowest BCUT2D eigenvalue weighted by molar-refractivity contribution is 0.156. The Morgan fingerprint density at radius 1 is 1.45 bits per heavy atom. The minimum atomic E-state index is 0.278. The highest BCUT2D eigenvalue weighted by atomic mass is 16.5. The van der Waals surface area contributed by atoms with Crippen LogP contribution in [-0.4, -0.2) is 42.8 Å². The Kier molecular flexibility index (Phi) is 5.68. The Balaban J connectivity index is 2.10. The van der Waals surface area contributed by atoms with Crippen LogP contribution in [0.3, 0.4) is 0 Å². The number of hydrogen-bond acceptors (Lipinski definition) is 4. The van der Waals surface area contributed by atoms with Crippen LogP contribution in [0, 0.1) is 0 Å². The number of nitrogens with zero attached hydrogens (tertiary/aromatic N) is 1. The molecule has 1 aromatic carbocycles. The highest BCUT2D eigenvalue weighted by Crippen LogP contribution is 2.31. The van der Waals surface area contributed by atoms with Crippen LogP contribution in [0.4, 0.5) is 0 Å². The first-order valence-corrected chi connectivity index (χ1v) is 7.55. The molecule has 1 heterocycles. The molecule has 1 saturated heterocycles. The van der Waals surface area contributed by atoms with Gasteiger partial charge in [0.15, 0.2) is 11.5 Å². The fraction of sp³-hybridized carbons (Fsp3) is 0.625. The van der Waals surface area contributed by atoms with Crippen molar-refractivity contribution in [1.29, 1.82) is 0 Å². The molecule has 4 heteroatoms. The zero-order valence-electron chi connectivity index (χ0n) is 12.6. The van der Waals surface area contributed by atoms with Crippen LogP contribution in [0.1, 0.15) is 31.7 Å². The molecule has 0 aromatic heterocycles. The second-order valence-electron chi connectivity index (χ2n) is 5.44. The Bertz CT molecular complexity index is 417. The molecule has 0 aliphatic carbocycles. The highest BCUT2D eigenvalue weighted by molar-refractivity contribution is 5.45. The molecule has 112 valence electrons. The molecule has 20 heavy (non-hydrogen) atoms. The second kappa shape index (κ2) is 7.50. The van der Waals surface area contributed by atoms with Gasteiger partial charge >= 0.3 is 0 Å². The third-order valence-electron chi connectivity index (χ3n) is 3.97. The second-order valence-corrected chi connectivity index (χ2v) is 5.44. The fourth-order valence-electron chi connectivity index (χ4n) is 2.90. The minimum absolute atomic E-state index is 0.278. The molecule has 4 nitrogen and oxygen atoms in total. The number of phenols is 1. The van der Waals surface area contributed by atoms with Crippen LogP contribution in [0.15, 0.2) is 18.2 Å². The van der Waals surface area contributed by atoms with Crippen LogP contribution in [0.25, 0.3) is 0 Å². The van der Waals surface area contributed by atoms with E-state index >= 15 is 0 Å². The van der Waals surface area contributed by atoms with Crippen molar-refractivity contribution in [2.75, 3.05) is 26.7 Å². The fourth-order valence-corrected chi connectivity index (χ4v) is 2.90. The Morgan fingerprint density at radius 2 is 2.30 bits per heavy atom. The number of phenolic OH excluding ortho intramolecular Hbond substituents is 1. The summed E-state index contributed by atoms with van der Waals surface area (Å²) >= 11 is 0. The average Bonchev–Trinajstić information content (AvgIpc) is 2.49. The number of ether oxygens (including phenoxy) is 1. The molecule has 1 aliphatic heterocycles. The maximum Gasteiger partial charge on any atom is 0.162 e. The summed E-state index contributed by atoms with van der Waals surface area (Å²) in [5, 5.41) is 13.7. The number of piperidine rings is 1. The summed E-state index contributed by atoms with van der Waals surface area (Å²) in [4.78, 5) is 2.47. The van der Waals surface area contributed by atoms with Crippen molar-refractivity contribution in [3.05, 3.63) is 23.8 Å². The third-order valence-corrected chi connectivity index (χ3v) is 3.97. The van der Waals surface area contributed by atoms with Crippen LogP contribution in [-0.2, 0) is 6.54 Å². The molecule has 0 bridgehead atoms. The molecular weight excluding hydrogens is 252 g/mol. The molecule has 1 aliphatic rings. The minimum Gasteiger partial charge on any atom is -0.504 e. The zero-order valence-corrected chi connectivity index (χ0v) is 12.6. The van der Waals surface area contributed by atoms with E-state index < -0.39 is 0 Å². The van der Waals surface area contributed by atoms with E-state index in [4.69, 9.17) is 4.74 Å². The summed E-state index contributed by atoms with van der Waals surface area (Å²) < 4.78 is 5.19. The van der Waals surface area contributed by atoms with Gasteiger partial charge in [0, 0.05) is 24.7 Å². The van der Waals surface area contributed by atoms with Crippen molar-refractivity contribution in [3.63, 3.8) is 0 Å². The van der Waals surface area contributed by atoms with E-state index in [1.807, 2.05) is 12.1 Å². The molecule has 1 atom stereocenters. The maximum atomic E-state index is 10.2. The lowest BCUT2D eigenvalue weighted by Crippen LogP contribution is -2.45. The largest absolute Gasteiger partial charge is 0.504 e. The average molecular weight is 278 g/mol. The predicted octanol–water partition coefficient (Wildman–Crippen LogP) is 2.36. The summed E-state index contributed by atoms with van der Waals surface area (Å²) in [6.45, 7) is 6.21. The summed E-state index contributed by atoms with van der Waals surface area (Å²) in [5.41, 5.74) is 0.948. The number of aromatic hydroxyl groups is 1. The first kappa shape index (κ1) is 15.1. The molecule has 0 radical (unpaired) electrons. The van der Waals surface area contributed by atoms with E-state index in [9.17, 15) is 5.11 Å². The quantitative estimate of drug-likeness (QED) is 0.838. The van der Waals surface area contributed by atoms with Crippen molar-refractivity contribution in [3.8, 4) is 11.5 Å². The van der Waals surface area contributed by atoms with E-state index in [0.29, 0.717) is 11.8 Å². The Hall–Kier alpha value is -1.26. The van der Waals surface area contributed by atoms with Crippen LogP contribution in [0.2, 0.25) is 0 Å². The van der Waals surface area contributed by atoms with Gasteiger partial charge in [0.1, 0.15) is 0 Å². The summed E-state index contributed by atoms with van der Waals surface area (Å²) in [6, 6.07) is 6.29. The van der Waals surface area contributed by atoms with Gasteiger partial charge in [-0.3, -0.25) is 4.90 Å². The van der Waals surface area contributed by atoms with E-state index in [1.54, 1.807) is 13.2 Å². The van der Waals surface area contributed by atoms with E-state index in [2.05, 4.69) is 17.1 Å². The third kappa shape index (κ3) is 3.64. The van der Waals surface area contributed by atoms with Gasteiger partial charge < -0.3 is 15.2 Å². The van der Waals surface area contributed by atoms with Gasteiger partial charge in [0.25, 0.3) is 0 Å². The predicted molar refractivity (Wildman–Crippen MR) is 81.3 cm³/mol. The topological polar surface area (TPSA) is 44.7 Å². The van der Waals surface area contributed by atoms with Crippen molar-refractivity contribution < 1.29 is 9.84 Å². The molecule has 2 rings (SSSR count). The summed E-state index contributed by atoms with van der Waals surface area (Å²) in [6.07, 6.45) is 3.59. The van der Waals surface area contributed by atoms with Crippen molar-refractivity contribution in [2.45, 2.75) is 38.8 Å². The van der Waals surface area contributed by atoms with E-state index in [0.717, 1.165) is 38.2 Å². The van der Waals surface area contributed by atoms with E-state index in [1.165, 1.54) is 12.8 Å². The standard InChI is InChI=1S/C16H26N2O2/c1-3-10-18(14-7-5-9-17-11-14)12-13-6-4-8-15(20-2)16(13)19/h4,6,8,14,17,19H,3,5,7,9-12H2,1-2H3. The van der Waals surface area contributed by atoms with E-state index in [-0.39, 0.29) is 5.75 Å². The molecule has 0 saturated carbocycles.